The lowest BCUT2D eigenvalue weighted by Gasteiger charge is -2.18. The maximum absolute atomic E-state index is 13.2. The van der Waals surface area contributed by atoms with Gasteiger partial charge in [-0.2, -0.15) is 0 Å². The molecule has 2 aromatic carbocycles. The van der Waals surface area contributed by atoms with Crippen molar-refractivity contribution in [1.29, 1.82) is 0 Å². The van der Waals surface area contributed by atoms with Gasteiger partial charge in [-0.1, -0.05) is 25.1 Å². The third-order valence-electron chi connectivity index (χ3n) is 3.15. The first-order chi connectivity index (χ1) is 9.60. The molecule has 1 unspecified atom stereocenters. The zero-order valence-corrected chi connectivity index (χ0v) is 12.8. The standard InChI is InChI=1S/C16H16BrF2N/c1-2-20-16(12-4-6-13(18)7-5-12)10-11-3-8-15(19)14(17)9-11/h3-9,16,20H,2,10H2,1H3. The minimum Gasteiger partial charge on any atom is -0.310 e. The monoisotopic (exact) mass is 339 g/mol. The summed E-state index contributed by atoms with van der Waals surface area (Å²) in [4.78, 5) is 0. The van der Waals surface area contributed by atoms with E-state index in [4.69, 9.17) is 0 Å². The smallest absolute Gasteiger partial charge is 0.137 e. The third kappa shape index (κ3) is 3.87. The molecule has 0 radical (unpaired) electrons. The van der Waals surface area contributed by atoms with Gasteiger partial charge in [-0.25, -0.2) is 8.78 Å². The predicted octanol–water partition coefficient (Wildman–Crippen LogP) is 4.62. The molecule has 2 aromatic rings. The molecule has 106 valence electrons. The topological polar surface area (TPSA) is 12.0 Å². The Balaban J connectivity index is 2.20. The van der Waals surface area contributed by atoms with Crippen molar-refractivity contribution >= 4 is 15.9 Å². The van der Waals surface area contributed by atoms with Gasteiger partial charge in [0.1, 0.15) is 11.6 Å². The van der Waals surface area contributed by atoms with Crippen LogP contribution in [-0.2, 0) is 6.42 Å². The molecule has 20 heavy (non-hydrogen) atoms. The summed E-state index contributed by atoms with van der Waals surface area (Å²) >= 11 is 3.20. The van der Waals surface area contributed by atoms with E-state index < -0.39 is 0 Å². The highest BCUT2D eigenvalue weighted by atomic mass is 79.9. The van der Waals surface area contributed by atoms with E-state index in [9.17, 15) is 8.78 Å². The zero-order chi connectivity index (χ0) is 14.5. The summed E-state index contributed by atoms with van der Waals surface area (Å²) in [6.07, 6.45) is 0.721. The second-order valence-corrected chi connectivity index (χ2v) is 5.47. The Morgan fingerprint density at radius 1 is 1.10 bits per heavy atom. The number of benzene rings is 2. The molecule has 0 fully saturated rings. The summed E-state index contributed by atoms with van der Waals surface area (Å²) < 4.78 is 26.7. The molecule has 0 saturated carbocycles. The molecule has 1 N–H and O–H groups in total. The molecule has 0 heterocycles. The molecule has 0 aliphatic carbocycles. The van der Waals surface area contributed by atoms with E-state index in [1.165, 1.54) is 18.2 Å². The highest BCUT2D eigenvalue weighted by molar-refractivity contribution is 9.10. The van der Waals surface area contributed by atoms with Gasteiger partial charge in [0.05, 0.1) is 4.47 Å². The molecule has 0 saturated heterocycles. The van der Waals surface area contributed by atoms with Crippen LogP contribution in [0.2, 0.25) is 0 Å². The lowest BCUT2D eigenvalue weighted by molar-refractivity contribution is 0.546. The molecule has 0 bridgehead atoms. The van der Waals surface area contributed by atoms with Crippen LogP contribution in [-0.4, -0.2) is 6.54 Å². The van der Waals surface area contributed by atoms with Crippen LogP contribution >= 0.6 is 15.9 Å². The fourth-order valence-corrected chi connectivity index (χ4v) is 2.58. The van der Waals surface area contributed by atoms with Gasteiger partial charge in [0.15, 0.2) is 0 Å². The summed E-state index contributed by atoms with van der Waals surface area (Å²) in [6.45, 7) is 2.83. The number of likely N-dealkylation sites (N-methyl/N-ethyl adjacent to an activating group) is 1. The highest BCUT2D eigenvalue weighted by Crippen LogP contribution is 2.22. The van der Waals surface area contributed by atoms with Crippen molar-refractivity contribution in [2.75, 3.05) is 6.54 Å². The predicted molar refractivity (Wildman–Crippen MR) is 80.6 cm³/mol. The van der Waals surface area contributed by atoms with Gasteiger partial charge in [-0.3, -0.25) is 0 Å². The zero-order valence-electron chi connectivity index (χ0n) is 11.2. The van der Waals surface area contributed by atoms with Gasteiger partial charge in [0, 0.05) is 6.04 Å². The van der Waals surface area contributed by atoms with Crippen LogP contribution in [0.1, 0.15) is 24.1 Å². The molecule has 0 aliphatic heterocycles. The molecule has 0 amide bonds. The van der Waals surface area contributed by atoms with Gasteiger partial charge in [-0.15, -0.1) is 0 Å². The van der Waals surface area contributed by atoms with Crippen LogP contribution < -0.4 is 5.32 Å². The molecule has 0 aliphatic rings. The Bertz CT molecular complexity index is 569. The largest absolute Gasteiger partial charge is 0.310 e. The lowest BCUT2D eigenvalue weighted by Crippen LogP contribution is -2.23. The van der Waals surface area contributed by atoms with Gasteiger partial charge >= 0.3 is 0 Å². The van der Waals surface area contributed by atoms with E-state index in [1.54, 1.807) is 24.3 Å². The Kier molecular flexibility index (Phi) is 5.26. The summed E-state index contributed by atoms with van der Waals surface area (Å²) in [5, 5.41) is 3.37. The first kappa shape index (κ1) is 15.1. The molecule has 4 heteroatoms. The van der Waals surface area contributed by atoms with Crippen LogP contribution in [0.4, 0.5) is 8.78 Å². The van der Waals surface area contributed by atoms with E-state index in [1.807, 2.05) is 6.92 Å². The SMILES string of the molecule is CCNC(Cc1ccc(F)c(Br)c1)c1ccc(F)cc1. The molecule has 0 aromatic heterocycles. The highest BCUT2D eigenvalue weighted by Gasteiger charge is 2.12. The van der Waals surface area contributed by atoms with E-state index in [2.05, 4.69) is 21.2 Å². The van der Waals surface area contributed by atoms with Gasteiger partial charge in [0.25, 0.3) is 0 Å². The Labute approximate surface area is 126 Å². The van der Waals surface area contributed by atoms with Crippen LogP contribution in [0.3, 0.4) is 0 Å². The van der Waals surface area contributed by atoms with Crippen LogP contribution in [0.15, 0.2) is 46.9 Å². The summed E-state index contributed by atoms with van der Waals surface area (Å²) in [6, 6.07) is 11.6. The van der Waals surface area contributed by atoms with Gasteiger partial charge in [-0.05, 0) is 64.3 Å². The van der Waals surface area contributed by atoms with E-state index >= 15 is 0 Å². The normalized spacial score (nSPS) is 12.4. The number of hydrogen-bond donors (Lipinski definition) is 1. The van der Waals surface area contributed by atoms with Crippen LogP contribution in [0.5, 0.6) is 0 Å². The maximum atomic E-state index is 13.2. The van der Waals surface area contributed by atoms with Crippen LogP contribution in [0, 0.1) is 11.6 Å². The number of rotatable bonds is 5. The van der Waals surface area contributed by atoms with E-state index in [0.717, 1.165) is 24.1 Å². The van der Waals surface area contributed by atoms with Crippen molar-refractivity contribution in [3.8, 4) is 0 Å². The fourth-order valence-electron chi connectivity index (χ4n) is 2.15. The van der Waals surface area contributed by atoms with Crippen molar-refractivity contribution in [1.82, 2.24) is 5.32 Å². The molecule has 1 nitrogen and oxygen atoms in total. The molecule has 0 spiro atoms. The molecule has 2 rings (SSSR count). The quantitative estimate of drug-likeness (QED) is 0.837. The van der Waals surface area contributed by atoms with E-state index in [-0.39, 0.29) is 17.7 Å². The maximum Gasteiger partial charge on any atom is 0.137 e. The number of hydrogen-bond acceptors (Lipinski definition) is 1. The first-order valence-electron chi connectivity index (χ1n) is 6.53. The number of halogens is 3. The van der Waals surface area contributed by atoms with Crippen molar-refractivity contribution in [3.05, 3.63) is 69.7 Å². The second kappa shape index (κ2) is 6.95. The average Bonchev–Trinajstić information content (AvgIpc) is 2.43. The van der Waals surface area contributed by atoms with Crippen LogP contribution in [0.25, 0.3) is 0 Å². The fraction of sp³-hybridized carbons (Fsp3) is 0.250. The minimum atomic E-state index is -0.268. The average molecular weight is 340 g/mol. The summed E-state index contributed by atoms with van der Waals surface area (Å²) in [5.74, 6) is -0.510. The lowest BCUT2D eigenvalue weighted by atomic mass is 9.99. The van der Waals surface area contributed by atoms with Crippen molar-refractivity contribution in [3.63, 3.8) is 0 Å². The van der Waals surface area contributed by atoms with E-state index in [0.29, 0.717) is 4.47 Å². The van der Waals surface area contributed by atoms with Crippen molar-refractivity contribution < 1.29 is 8.78 Å². The molecule has 1 atom stereocenters. The number of nitrogens with one attached hydrogen (secondary N) is 1. The van der Waals surface area contributed by atoms with Gasteiger partial charge in [0.2, 0.25) is 0 Å². The van der Waals surface area contributed by atoms with Gasteiger partial charge < -0.3 is 5.32 Å². The Morgan fingerprint density at radius 2 is 1.80 bits per heavy atom. The van der Waals surface area contributed by atoms with Crippen molar-refractivity contribution in [2.45, 2.75) is 19.4 Å². The minimum absolute atomic E-state index is 0.0814. The Hall–Kier alpha value is -1.26. The Morgan fingerprint density at radius 3 is 2.40 bits per heavy atom. The first-order valence-corrected chi connectivity index (χ1v) is 7.32. The summed E-state index contributed by atoms with van der Waals surface area (Å²) in [5.41, 5.74) is 2.04. The molecular weight excluding hydrogens is 324 g/mol. The summed E-state index contributed by atoms with van der Waals surface area (Å²) in [7, 11) is 0. The molecular formula is C16H16BrF2N. The van der Waals surface area contributed by atoms with Crippen molar-refractivity contribution in [2.24, 2.45) is 0 Å². The third-order valence-corrected chi connectivity index (χ3v) is 3.75. The second-order valence-electron chi connectivity index (χ2n) is 4.61.